The topological polar surface area (TPSA) is 89.1 Å². The minimum absolute atomic E-state index is 0.0604. The quantitative estimate of drug-likeness (QED) is 0.300. The number of ether oxygens (including phenoxy) is 3. The molecule has 254 valence electrons. The molecule has 1 spiro atoms. The minimum atomic E-state index is -0.331. The summed E-state index contributed by atoms with van der Waals surface area (Å²) in [7, 11) is 0. The van der Waals surface area contributed by atoms with Gasteiger partial charge in [0.25, 0.3) is 0 Å². The maximum Gasteiger partial charge on any atom is 0.229 e. The zero-order chi connectivity index (χ0) is 31.4. The maximum atomic E-state index is 12.9. The van der Waals surface area contributed by atoms with Crippen molar-refractivity contribution in [2.24, 2.45) is 52.3 Å². The Labute approximate surface area is 271 Å². The van der Waals surface area contributed by atoms with Crippen LogP contribution in [0.2, 0.25) is 0 Å². The van der Waals surface area contributed by atoms with Gasteiger partial charge in [0.1, 0.15) is 6.42 Å². The highest BCUT2D eigenvalue weighted by Crippen LogP contribution is 2.71. The number of hydrogen-bond donors (Lipinski definition) is 2. The second-order valence-corrected chi connectivity index (χ2v) is 17.0. The number of nitrogens with one attached hydrogen (secondary N) is 2. The molecule has 2 amide bonds. The Kier molecular flexibility index (Phi) is 9.10. The van der Waals surface area contributed by atoms with Gasteiger partial charge in [-0.05, 0) is 117 Å². The summed E-state index contributed by atoms with van der Waals surface area (Å²) in [6.45, 7) is 15.9. The Morgan fingerprint density at radius 1 is 0.889 bits per heavy atom. The summed E-state index contributed by atoms with van der Waals surface area (Å²) < 4.78 is 18.9. The number of hydrogen-bond acceptors (Lipinski definition) is 6. The standard InChI is InChI=1S/C37H61N3O5/c1-24-8-13-37(44-23-24)25(2)34-31(45-37)21-30-28-7-6-26-20-27(9-11-35(26,3)29(28)10-12-36(30,34)4)39-33(42)22-32(41)38-14-5-15-40-16-18-43-19-17-40/h24-31,34H,5-23H2,1-4H3,(H,38,41)(H,39,42)/t24-,25-,26+,27?,28+,29-,30-,31-,34-,35-,36-,37+/m0/s1. The third-order valence-corrected chi connectivity index (χ3v) is 14.7. The SMILES string of the molecule is C[C@H]1CC[C@@]2(OC1)O[C@H]1C[C@H]3[C@@H]4CC[C@@H]5CC(NC(=O)CC(=O)NCCCN6CCOCC6)CC[C@]5(C)[C@H]4CC[C@]3(C)[C@H]1[C@@H]2C. The summed E-state index contributed by atoms with van der Waals surface area (Å²) in [5.41, 5.74) is 0.718. The number of fused-ring (bicyclic) bond motifs is 7. The van der Waals surface area contributed by atoms with E-state index in [-0.39, 0.29) is 30.1 Å². The highest BCUT2D eigenvalue weighted by atomic mass is 16.7. The maximum absolute atomic E-state index is 12.9. The van der Waals surface area contributed by atoms with Crippen LogP contribution in [0.15, 0.2) is 0 Å². The van der Waals surface area contributed by atoms with Crippen LogP contribution in [-0.2, 0) is 23.8 Å². The van der Waals surface area contributed by atoms with Gasteiger partial charge in [0.05, 0.1) is 25.9 Å². The van der Waals surface area contributed by atoms with Gasteiger partial charge < -0.3 is 24.8 Å². The summed E-state index contributed by atoms with van der Waals surface area (Å²) >= 11 is 0. The van der Waals surface area contributed by atoms with Crippen LogP contribution >= 0.6 is 0 Å². The molecule has 0 radical (unpaired) electrons. The largest absolute Gasteiger partial charge is 0.379 e. The van der Waals surface area contributed by atoms with Gasteiger partial charge in [0.2, 0.25) is 11.8 Å². The summed E-state index contributed by atoms with van der Waals surface area (Å²) in [5.74, 6) is 4.14. The molecule has 0 bridgehead atoms. The van der Waals surface area contributed by atoms with E-state index in [1.54, 1.807) is 0 Å². The van der Waals surface area contributed by atoms with Crippen molar-refractivity contribution < 1.29 is 23.8 Å². The molecule has 8 nitrogen and oxygen atoms in total. The molecule has 8 heteroatoms. The Hall–Kier alpha value is -1.22. The van der Waals surface area contributed by atoms with E-state index in [1.807, 2.05) is 0 Å². The first-order valence-electron chi connectivity index (χ1n) is 18.8. The Morgan fingerprint density at radius 2 is 1.69 bits per heavy atom. The van der Waals surface area contributed by atoms with E-state index in [0.29, 0.717) is 47.2 Å². The molecule has 4 aliphatic carbocycles. The van der Waals surface area contributed by atoms with Crippen molar-refractivity contribution >= 4 is 11.8 Å². The third-order valence-electron chi connectivity index (χ3n) is 14.7. The predicted molar refractivity (Wildman–Crippen MR) is 173 cm³/mol. The van der Waals surface area contributed by atoms with Crippen molar-refractivity contribution in [1.82, 2.24) is 15.5 Å². The Bertz CT molecular complexity index is 1090. The van der Waals surface area contributed by atoms with E-state index in [1.165, 1.54) is 44.9 Å². The lowest BCUT2D eigenvalue weighted by Gasteiger charge is -2.61. The molecule has 0 aromatic heterocycles. The van der Waals surface area contributed by atoms with E-state index < -0.39 is 0 Å². The Morgan fingerprint density at radius 3 is 2.47 bits per heavy atom. The molecule has 12 atom stereocenters. The average molecular weight is 628 g/mol. The van der Waals surface area contributed by atoms with E-state index >= 15 is 0 Å². The molecule has 7 aliphatic rings. The van der Waals surface area contributed by atoms with Gasteiger partial charge in [-0.3, -0.25) is 14.5 Å². The van der Waals surface area contributed by atoms with Gasteiger partial charge >= 0.3 is 0 Å². The van der Waals surface area contributed by atoms with Gasteiger partial charge in [-0.1, -0.05) is 27.7 Å². The van der Waals surface area contributed by atoms with Crippen molar-refractivity contribution in [2.45, 2.75) is 123 Å². The third kappa shape index (κ3) is 5.90. The molecule has 0 aromatic rings. The lowest BCUT2D eigenvalue weighted by molar-refractivity contribution is -0.273. The van der Waals surface area contributed by atoms with E-state index in [0.717, 1.165) is 82.9 Å². The van der Waals surface area contributed by atoms with Crippen molar-refractivity contribution in [3.8, 4) is 0 Å². The van der Waals surface area contributed by atoms with Crippen molar-refractivity contribution in [3.05, 3.63) is 0 Å². The minimum Gasteiger partial charge on any atom is -0.379 e. The molecule has 45 heavy (non-hydrogen) atoms. The van der Waals surface area contributed by atoms with Crippen molar-refractivity contribution in [2.75, 3.05) is 46.0 Å². The molecule has 1 unspecified atom stereocenters. The second kappa shape index (κ2) is 12.7. The molecule has 7 rings (SSSR count). The molecule has 2 N–H and O–H groups in total. The van der Waals surface area contributed by atoms with Crippen LogP contribution in [0, 0.1) is 52.3 Å². The molecular weight excluding hydrogens is 566 g/mol. The lowest BCUT2D eigenvalue weighted by atomic mass is 9.44. The molecular formula is C37H61N3O5. The van der Waals surface area contributed by atoms with Gasteiger partial charge in [-0.25, -0.2) is 0 Å². The van der Waals surface area contributed by atoms with Crippen LogP contribution in [0.25, 0.3) is 0 Å². The van der Waals surface area contributed by atoms with Crippen LogP contribution < -0.4 is 10.6 Å². The van der Waals surface area contributed by atoms with Gasteiger partial charge in [-0.15, -0.1) is 0 Å². The smallest absolute Gasteiger partial charge is 0.229 e. The van der Waals surface area contributed by atoms with Crippen LogP contribution in [0.5, 0.6) is 0 Å². The number of carbonyl (C=O) groups is 2. The highest BCUT2D eigenvalue weighted by molar-refractivity contribution is 5.96. The second-order valence-electron chi connectivity index (χ2n) is 17.0. The highest BCUT2D eigenvalue weighted by Gasteiger charge is 2.69. The zero-order valence-electron chi connectivity index (χ0n) is 28.6. The fraction of sp³-hybridized carbons (Fsp3) is 0.946. The fourth-order valence-corrected chi connectivity index (χ4v) is 12.2. The molecule has 7 fully saturated rings. The average Bonchev–Trinajstić information content (AvgIpc) is 3.47. The summed E-state index contributed by atoms with van der Waals surface area (Å²) in [4.78, 5) is 27.7. The number of carbonyl (C=O) groups excluding carboxylic acids is 2. The Balaban J connectivity index is 0.898. The first-order chi connectivity index (χ1) is 21.6. The van der Waals surface area contributed by atoms with Gasteiger partial charge in [0, 0.05) is 38.0 Å². The summed E-state index contributed by atoms with van der Waals surface area (Å²) in [6, 6.07) is 0.199. The fourth-order valence-electron chi connectivity index (χ4n) is 12.2. The van der Waals surface area contributed by atoms with Gasteiger partial charge in [0.15, 0.2) is 5.79 Å². The molecule has 0 aromatic carbocycles. The monoisotopic (exact) mass is 627 g/mol. The molecule has 3 heterocycles. The first-order valence-corrected chi connectivity index (χ1v) is 18.8. The number of morpholine rings is 1. The van der Waals surface area contributed by atoms with Crippen molar-refractivity contribution in [1.29, 1.82) is 0 Å². The van der Waals surface area contributed by atoms with E-state index in [9.17, 15) is 9.59 Å². The lowest BCUT2D eigenvalue weighted by Crippen LogP contribution is -2.56. The molecule has 4 saturated carbocycles. The number of nitrogens with zero attached hydrogens (tertiary/aromatic N) is 1. The summed E-state index contributed by atoms with van der Waals surface area (Å²) in [5, 5.41) is 6.23. The zero-order valence-corrected chi connectivity index (χ0v) is 28.6. The van der Waals surface area contributed by atoms with E-state index in [2.05, 4.69) is 43.2 Å². The number of amides is 2. The van der Waals surface area contributed by atoms with Gasteiger partial charge in [-0.2, -0.15) is 0 Å². The molecule has 3 saturated heterocycles. The van der Waals surface area contributed by atoms with Crippen LogP contribution in [0.4, 0.5) is 0 Å². The van der Waals surface area contributed by atoms with Crippen LogP contribution in [0.1, 0.15) is 105 Å². The molecule has 3 aliphatic heterocycles. The normalized spacial score (nSPS) is 47.8. The first kappa shape index (κ1) is 32.3. The summed E-state index contributed by atoms with van der Waals surface area (Å²) in [6.07, 6.45) is 13.3. The van der Waals surface area contributed by atoms with E-state index in [4.69, 9.17) is 14.2 Å². The van der Waals surface area contributed by atoms with Crippen molar-refractivity contribution in [3.63, 3.8) is 0 Å². The number of rotatable bonds is 7. The van der Waals surface area contributed by atoms with Crippen LogP contribution in [-0.4, -0.2) is 80.6 Å². The predicted octanol–water partition coefficient (Wildman–Crippen LogP) is 5.15. The van der Waals surface area contributed by atoms with Crippen LogP contribution in [0.3, 0.4) is 0 Å².